The molecule has 18 heavy (non-hydrogen) atoms. The van der Waals surface area contributed by atoms with Crippen molar-refractivity contribution >= 4 is 17.4 Å². The van der Waals surface area contributed by atoms with Crippen LogP contribution < -0.4 is 5.32 Å². The topological polar surface area (TPSA) is 58.1 Å². The van der Waals surface area contributed by atoms with Crippen LogP contribution in [-0.4, -0.2) is 41.4 Å². The molecule has 2 rings (SSSR count). The van der Waals surface area contributed by atoms with E-state index in [1.54, 1.807) is 17.3 Å². The van der Waals surface area contributed by atoms with Gasteiger partial charge in [0.05, 0.1) is 11.0 Å². The maximum Gasteiger partial charge on any atom is 0.210 e. The van der Waals surface area contributed by atoms with Crippen molar-refractivity contribution in [3.8, 4) is 0 Å². The minimum atomic E-state index is 0.595. The lowest BCUT2D eigenvalue weighted by Crippen LogP contribution is -2.29. The number of carbonyl (C=O) groups is 1. The first-order chi connectivity index (χ1) is 8.83. The van der Waals surface area contributed by atoms with Crippen LogP contribution in [-0.2, 0) is 11.3 Å². The van der Waals surface area contributed by atoms with Crippen molar-refractivity contribution in [3.63, 3.8) is 0 Å². The number of benzene rings is 1. The average molecular weight is 244 g/mol. The van der Waals surface area contributed by atoms with Crippen LogP contribution in [0.15, 0.2) is 30.6 Å². The summed E-state index contributed by atoms with van der Waals surface area (Å²) in [4.78, 5) is 21.2. The summed E-state index contributed by atoms with van der Waals surface area (Å²) in [6.45, 7) is 2.07. The molecule has 1 aromatic heterocycles. The predicted octanol–water partition coefficient (Wildman–Crippen LogP) is 0.808. The molecule has 94 valence electrons. The number of nitrogens with zero attached hydrogens (tertiary/aromatic N) is 3. The molecule has 0 aliphatic carbocycles. The average Bonchev–Trinajstić information content (AvgIpc) is 2.43. The monoisotopic (exact) mass is 244 g/mol. The highest BCUT2D eigenvalue weighted by molar-refractivity contribution is 5.74. The van der Waals surface area contributed by atoms with Gasteiger partial charge in [0.15, 0.2) is 0 Å². The Morgan fingerprint density at radius 2 is 2.06 bits per heavy atom. The van der Waals surface area contributed by atoms with Gasteiger partial charge in [-0.25, -0.2) is 0 Å². The number of fused-ring (bicyclic) bond motifs is 1. The van der Waals surface area contributed by atoms with Crippen LogP contribution in [0, 0.1) is 0 Å². The van der Waals surface area contributed by atoms with Crippen LogP contribution in [0.4, 0.5) is 0 Å². The van der Waals surface area contributed by atoms with Crippen molar-refractivity contribution in [2.45, 2.75) is 6.54 Å². The Bertz CT molecular complexity index is 529. The lowest BCUT2D eigenvalue weighted by molar-refractivity contribution is -0.118. The van der Waals surface area contributed by atoms with Crippen molar-refractivity contribution in [1.29, 1.82) is 0 Å². The van der Waals surface area contributed by atoms with Crippen LogP contribution in [0.2, 0.25) is 0 Å². The minimum Gasteiger partial charge on any atom is -0.340 e. The highest BCUT2D eigenvalue weighted by Crippen LogP contribution is 2.12. The second-order valence-corrected chi connectivity index (χ2v) is 4.06. The maximum atomic E-state index is 10.9. The molecule has 1 N–H and O–H groups in total. The van der Waals surface area contributed by atoms with E-state index in [1.165, 1.54) is 0 Å². The lowest BCUT2D eigenvalue weighted by Gasteiger charge is -2.17. The first-order valence-electron chi connectivity index (χ1n) is 5.87. The van der Waals surface area contributed by atoms with E-state index in [9.17, 15) is 4.79 Å². The molecule has 0 radical (unpaired) electrons. The van der Waals surface area contributed by atoms with E-state index in [1.807, 2.05) is 25.2 Å². The summed E-state index contributed by atoms with van der Waals surface area (Å²) in [7, 11) is 1.87. The quantitative estimate of drug-likeness (QED) is 0.764. The fourth-order valence-corrected chi connectivity index (χ4v) is 1.77. The third kappa shape index (κ3) is 3.01. The molecule has 0 aliphatic heterocycles. The summed E-state index contributed by atoms with van der Waals surface area (Å²) in [6.07, 6.45) is 4.22. The van der Waals surface area contributed by atoms with Crippen LogP contribution in [0.3, 0.4) is 0 Å². The molecular weight excluding hydrogens is 228 g/mol. The van der Waals surface area contributed by atoms with E-state index in [0.29, 0.717) is 13.1 Å². The molecule has 0 aliphatic rings. The number of likely N-dealkylation sites (N-methyl/N-ethyl adjacent to an activating group) is 1. The summed E-state index contributed by atoms with van der Waals surface area (Å²) < 4.78 is 0. The summed E-state index contributed by atoms with van der Waals surface area (Å²) in [5.74, 6) is 0. The van der Waals surface area contributed by atoms with Gasteiger partial charge in [0.1, 0.15) is 0 Å². The van der Waals surface area contributed by atoms with E-state index in [4.69, 9.17) is 0 Å². The van der Waals surface area contributed by atoms with Crippen LogP contribution >= 0.6 is 0 Å². The van der Waals surface area contributed by atoms with Gasteiger partial charge >= 0.3 is 0 Å². The summed E-state index contributed by atoms with van der Waals surface area (Å²) >= 11 is 0. The Morgan fingerprint density at radius 3 is 2.78 bits per heavy atom. The number of carbonyl (C=O) groups excluding carboxylic acids is 1. The molecule has 0 atom stereocenters. The van der Waals surface area contributed by atoms with Gasteiger partial charge in [-0.3, -0.25) is 14.8 Å². The van der Waals surface area contributed by atoms with Gasteiger partial charge in [-0.1, -0.05) is 6.07 Å². The Balaban J connectivity index is 2.12. The first kappa shape index (κ1) is 12.4. The second-order valence-electron chi connectivity index (χ2n) is 4.06. The SMILES string of the molecule is CNCCN(C=O)Cc1ccc2nccnc2c1. The molecule has 2 aromatic rings. The molecule has 1 heterocycles. The van der Waals surface area contributed by atoms with Crippen LogP contribution in [0.1, 0.15) is 5.56 Å². The van der Waals surface area contributed by atoms with Gasteiger partial charge in [-0.05, 0) is 24.7 Å². The molecule has 1 aromatic carbocycles. The molecule has 0 saturated heterocycles. The zero-order valence-corrected chi connectivity index (χ0v) is 10.3. The Labute approximate surface area is 106 Å². The fourth-order valence-electron chi connectivity index (χ4n) is 1.77. The van der Waals surface area contributed by atoms with Crippen LogP contribution in [0.25, 0.3) is 11.0 Å². The lowest BCUT2D eigenvalue weighted by atomic mass is 10.2. The van der Waals surface area contributed by atoms with Crippen molar-refractivity contribution in [1.82, 2.24) is 20.2 Å². The number of aromatic nitrogens is 2. The largest absolute Gasteiger partial charge is 0.340 e. The van der Waals surface area contributed by atoms with Crippen molar-refractivity contribution in [3.05, 3.63) is 36.2 Å². The number of rotatable bonds is 6. The third-order valence-electron chi connectivity index (χ3n) is 2.72. The first-order valence-corrected chi connectivity index (χ1v) is 5.87. The van der Waals surface area contributed by atoms with Gasteiger partial charge in [0.25, 0.3) is 0 Å². The Kier molecular flexibility index (Phi) is 4.20. The van der Waals surface area contributed by atoms with Crippen molar-refractivity contribution < 1.29 is 4.79 Å². The molecule has 5 nitrogen and oxygen atoms in total. The Hall–Kier alpha value is -2.01. The molecule has 0 saturated carbocycles. The van der Waals surface area contributed by atoms with Gasteiger partial charge in [-0.15, -0.1) is 0 Å². The number of hydrogen-bond donors (Lipinski definition) is 1. The minimum absolute atomic E-state index is 0.595. The number of nitrogens with one attached hydrogen (secondary N) is 1. The van der Waals surface area contributed by atoms with Crippen molar-refractivity contribution in [2.75, 3.05) is 20.1 Å². The van der Waals surface area contributed by atoms with E-state index in [0.717, 1.165) is 29.6 Å². The zero-order valence-electron chi connectivity index (χ0n) is 10.3. The van der Waals surface area contributed by atoms with Crippen LogP contribution in [0.5, 0.6) is 0 Å². The van der Waals surface area contributed by atoms with Gasteiger partial charge < -0.3 is 10.2 Å². The standard InChI is InChI=1S/C13H16N4O/c1-14-6-7-17(10-18)9-11-2-3-12-13(8-11)16-5-4-15-12/h2-5,8,10,14H,6-7,9H2,1H3. The van der Waals surface area contributed by atoms with Crippen molar-refractivity contribution in [2.24, 2.45) is 0 Å². The number of amides is 1. The molecular formula is C13H16N4O. The Morgan fingerprint density at radius 1 is 1.28 bits per heavy atom. The van der Waals surface area contributed by atoms with E-state index < -0.39 is 0 Å². The summed E-state index contributed by atoms with van der Waals surface area (Å²) in [6, 6.07) is 5.88. The third-order valence-corrected chi connectivity index (χ3v) is 2.72. The number of hydrogen-bond acceptors (Lipinski definition) is 4. The normalized spacial score (nSPS) is 10.5. The van der Waals surface area contributed by atoms with E-state index in [2.05, 4.69) is 15.3 Å². The molecule has 0 unspecified atom stereocenters. The maximum absolute atomic E-state index is 10.9. The highest BCUT2D eigenvalue weighted by atomic mass is 16.1. The highest BCUT2D eigenvalue weighted by Gasteiger charge is 2.04. The molecule has 0 bridgehead atoms. The van der Waals surface area contributed by atoms with E-state index >= 15 is 0 Å². The fraction of sp³-hybridized carbons (Fsp3) is 0.308. The van der Waals surface area contributed by atoms with E-state index in [-0.39, 0.29) is 0 Å². The second kappa shape index (κ2) is 6.07. The molecule has 0 fully saturated rings. The summed E-state index contributed by atoms with van der Waals surface area (Å²) in [5, 5.41) is 3.02. The predicted molar refractivity (Wildman–Crippen MR) is 69.9 cm³/mol. The molecule has 5 heteroatoms. The smallest absolute Gasteiger partial charge is 0.210 e. The zero-order chi connectivity index (χ0) is 12.8. The molecule has 1 amide bonds. The van der Waals surface area contributed by atoms with Gasteiger partial charge in [-0.2, -0.15) is 0 Å². The molecule has 0 spiro atoms. The van der Waals surface area contributed by atoms with Gasteiger partial charge in [0.2, 0.25) is 6.41 Å². The summed E-state index contributed by atoms with van der Waals surface area (Å²) in [5.41, 5.74) is 2.79. The van der Waals surface area contributed by atoms with Gasteiger partial charge in [0, 0.05) is 32.0 Å².